The number of nitrogens with zero attached hydrogens (tertiary/aromatic N) is 2. The van der Waals surface area contributed by atoms with Crippen LogP contribution in [0.3, 0.4) is 0 Å². The molecule has 2 heterocycles. The van der Waals surface area contributed by atoms with Crippen molar-refractivity contribution in [2.24, 2.45) is 0 Å². The van der Waals surface area contributed by atoms with Crippen LogP contribution in [0.2, 0.25) is 0 Å². The predicted molar refractivity (Wildman–Crippen MR) is 110 cm³/mol. The second kappa shape index (κ2) is 7.36. The van der Waals surface area contributed by atoms with E-state index in [1.54, 1.807) is 23.7 Å². The van der Waals surface area contributed by atoms with Gasteiger partial charge in [-0.15, -0.1) is 0 Å². The summed E-state index contributed by atoms with van der Waals surface area (Å²) in [5.74, 6) is 0.313. The summed E-state index contributed by atoms with van der Waals surface area (Å²) >= 11 is 0. The smallest absolute Gasteiger partial charge is 0.266 e. The lowest BCUT2D eigenvalue weighted by Crippen LogP contribution is -2.31. The van der Waals surface area contributed by atoms with E-state index < -0.39 is 15.9 Å². The number of rotatable bonds is 5. The van der Waals surface area contributed by atoms with Gasteiger partial charge in [-0.25, -0.2) is 13.1 Å². The lowest BCUT2D eigenvalue weighted by molar-refractivity contribution is -0.122. The van der Waals surface area contributed by atoms with Crippen molar-refractivity contribution < 1.29 is 17.9 Å². The maximum absolute atomic E-state index is 12.8. The highest BCUT2D eigenvalue weighted by Crippen LogP contribution is 2.33. The Morgan fingerprint density at radius 1 is 1.10 bits per heavy atom. The Morgan fingerprint density at radius 3 is 2.52 bits per heavy atom. The number of benzene rings is 2. The lowest BCUT2D eigenvalue weighted by Gasteiger charge is -2.17. The van der Waals surface area contributed by atoms with E-state index >= 15 is 0 Å². The molecule has 1 amide bonds. The number of carbonyl (C=O) groups excluding carboxylic acids is 1. The van der Waals surface area contributed by atoms with Crippen LogP contribution in [0, 0.1) is 6.92 Å². The van der Waals surface area contributed by atoms with Crippen LogP contribution in [-0.4, -0.2) is 30.2 Å². The molecule has 0 spiro atoms. The summed E-state index contributed by atoms with van der Waals surface area (Å²) in [6, 6.07) is 16.7. The van der Waals surface area contributed by atoms with E-state index in [9.17, 15) is 13.2 Å². The molecule has 0 saturated carbocycles. The summed E-state index contributed by atoms with van der Waals surface area (Å²) in [5.41, 5.74) is 2.75. The number of nitrogens with one attached hydrogen (secondary N) is 1. The molecule has 29 heavy (non-hydrogen) atoms. The molecule has 4 rings (SSSR count). The van der Waals surface area contributed by atoms with Gasteiger partial charge >= 0.3 is 0 Å². The molecule has 1 aliphatic heterocycles. The van der Waals surface area contributed by atoms with Crippen molar-refractivity contribution in [1.82, 2.24) is 9.78 Å². The van der Waals surface area contributed by atoms with Crippen molar-refractivity contribution >= 4 is 21.6 Å². The molecule has 3 aromatic rings. The Hall–Kier alpha value is -3.13. The first-order valence-corrected chi connectivity index (χ1v) is 11.1. The van der Waals surface area contributed by atoms with Crippen LogP contribution < -0.4 is 10.1 Å². The van der Waals surface area contributed by atoms with Gasteiger partial charge in [0.25, 0.3) is 5.91 Å². The zero-order chi connectivity index (χ0) is 20.6. The standard InChI is InChI=1S/C21H21N3O4S/c1-14-8-6-7-11-19(14)24-20(17-12-29(26,27)13-18(17)23-24)22-21(25)15(2)28-16-9-4-3-5-10-16/h3-11,15H,12-13H2,1-2H3,(H,22,25)/t15-/m1/s1. The van der Waals surface area contributed by atoms with Crippen LogP contribution in [0.5, 0.6) is 5.75 Å². The van der Waals surface area contributed by atoms with Crippen molar-refractivity contribution in [3.63, 3.8) is 0 Å². The van der Waals surface area contributed by atoms with Crippen molar-refractivity contribution in [2.75, 3.05) is 5.32 Å². The number of sulfone groups is 1. The van der Waals surface area contributed by atoms with Crippen LogP contribution >= 0.6 is 0 Å². The Labute approximate surface area is 169 Å². The van der Waals surface area contributed by atoms with Crippen LogP contribution in [0.1, 0.15) is 23.7 Å². The fourth-order valence-corrected chi connectivity index (χ4v) is 4.82. The fourth-order valence-electron chi connectivity index (χ4n) is 3.32. The molecule has 2 aromatic carbocycles. The number of carbonyl (C=O) groups is 1. The van der Waals surface area contributed by atoms with E-state index in [2.05, 4.69) is 10.4 Å². The van der Waals surface area contributed by atoms with Gasteiger partial charge in [-0.05, 0) is 37.6 Å². The number of fused-ring (bicyclic) bond motifs is 1. The van der Waals surface area contributed by atoms with Gasteiger partial charge < -0.3 is 10.1 Å². The van der Waals surface area contributed by atoms with Crippen molar-refractivity contribution in [3.8, 4) is 11.4 Å². The Bertz CT molecular complexity index is 1170. The molecule has 0 unspecified atom stereocenters. The van der Waals surface area contributed by atoms with Crippen LogP contribution in [0.4, 0.5) is 5.82 Å². The predicted octanol–water partition coefficient (Wildman–Crippen LogP) is 3.02. The fraction of sp³-hybridized carbons (Fsp3) is 0.238. The first-order chi connectivity index (χ1) is 13.8. The first kappa shape index (κ1) is 19.2. The molecule has 8 heteroatoms. The Balaban J connectivity index is 1.67. The van der Waals surface area contributed by atoms with Crippen molar-refractivity contribution in [2.45, 2.75) is 31.5 Å². The van der Waals surface area contributed by atoms with Gasteiger partial charge in [-0.1, -0.05) is 36.4 Å². The molecule has 7 nitrogen and oxygen atoms in total. The largest absolute Gasteiger partial charge is 0.481 e. The van der Waals surface area contributed by atoms with Crippen LogP contribution in [0.15, 0.2) is 54.6 Å². The highest BCUT2D eigenvalue weighted by molar-refractivity contribution is 7.90. The van der Waals surface area contributed by atoms with E-state index in [-0.39, 0.29) is 17.4 Å². The summed E-state index contributed by atoms with van der Waals surface area (Å²) in [6.07, 6.45) is -0.772. The monoisotopic (exact) mass is 411 g/mol. The molecule has 0 aliphatic carbocycles. The number of para-hydroxylation sites is 2. The van der Waals surface area contributed by atoms with Crippen LogP contribution in [-0.2, 0) is 26.1 Å². The molecule has 1 atom stereocenters. The maximum Gasteiger partial charge on any atom is 0.266 e. The minimum Gasteiger partial charge on any atom is -0.481 e. The van der Waals surface area contributed by atoms with Crippen molar-refractivity contribution in [1.29, 1.82) is 0 Å². The number of anilines is 1. The van der Waals surface area contributed by atoms with Gasteiger partial charge in [0.2, 0.25) is 0 Å². The molecule has 0 bridgehead atoms. The number of aryl methyl sites for hydroxylation is 1. The normalized spacial score (nSPS) is 15.5. The van der Waals surface area contributed by atoms with E-state index in [1.165, 1.54) is 0 Å². The van der Waals surface area contributed by atoms with Crippen molar-refractivity contribution in [3.05, 3.63) is 71.4 Å². The zero-order valence-corrected chi connectivity index (χ0v) is 16.9. The molecule has 150 valence electrons. The average Bonchev–Trinajstić information content (AvgIpc) is 3.15. The lowest BCUT2D eigenvalue weighted by atomic mass is 10.2. The third-order valence-corrected chi connectivity index (χ3v) is 6.24. The van der Waals surface area contributed by atoms with Gasteiger partial charge in [0.1, 0.15) is 11.6 Å². The quantitative estimate of drug-likeness (QED) is 0.697. The number of ether oxygens (including phenoxy) is 1. The van der Waals surface area contributed by atoms with Gasteiger partial charge in [0.05, 0.1) is 22.9 Å². The summed E-state index contributed by atoms with van der Waals surface area (Å²) in [7, 11) is -3.26. The minimum absolute atomic E-state index is 0.125. The van der Waals surface area contributed by atoms with Gasteiger partial charge in [-0.3, -0.25) is 4.79 Å². The Kier molecular flexibility index (Phi) is 4.87. The molecule has 1 N–H and O–H groups in total. The number of amides is 1. The Morgan fingerprint density at radius 2 is 1.79 bits per heavy atom. The molecule has 0 radical (unpaired) electrons. The first-order valence-electron chi connectivity index (χ1n) is 9.24. The molecule has 1 aromatic heterocycles. The van der Waals surface area contributed by atoms with E-state index in [0.717, 1.165) is 11.3 Å². The van der Waals surface area contributed by atoms with E-state index in [4.69, 9.17) is 4.74 Å². The summed E-state index contributed by atoms with van der Waals surface area (Å²) in [5, 5.41) is 7.34. The SMILES string of the molecule is Cc1ccccc1-n1nc2c(c1NC(=O)[C@@H](C)Oc1ccccc1)CS(=O)(=O)C2. The highest BCUT2D eigenvalue weighted by Gasteiger charge is 2.34. The maximum atomic E-state index is 12.8. The number of hydrogen-bond donors (Lipinski definition) is 1. The number of aromatic nitrogens is 2. The topological polar surface area (TPSA) is 90.3 Å². The number of hydrogen-bond acceptors (Lipinski definition) is 5. The minimum atomic E-state index is -3.26. The van der Waals surface area contributed by atoms with Crippen LogP contribution in [0.25, 0.3) is 5.69 Å². The van der Waals surface area contributed by atoms with Gasteiger partial charge in [-0.2, -0.15) is 5.10 Å². The third kappa shape index (κ3) is 3.88. The molecule has 0 fully saturated rings. The van der Waals surface area contributed by atoms with E-state index in [0.29, 0.717) is 22.8 Å². The third-order valence-electron chi connectivity index (χ3n) is 4.80. The molecule has 1 aliphatic rings. The molecule has 0 saturated heterocycles. The van der Waals surface area contributed by atoms with Gasteiger partial charge in [0.15, 0.2) is 15.9 Å². The second-order valence-electron chi connectivity index (χ2n) is 7.07. The zero-order valence-electron chi connectivity index (χ0n) is 16.1. The highest BCUT2D eigenvalue weighted by atomic mass is 32.2. The summed E-state index contributed by atoms with van der Waals surface area (Å²) < 4.78 is 31.5. The summed E-state index contributed by atoms with van der Waals surface area (Å²) in [4.78, 5) is 12.8. The van der Waals surface area contributed by atoms with Gasteiger partial charge in [0, 0.05) is 5.56 Å². The molecular formula is C21H21N3O4S. The second-order valence-corrected chi connectivity index (χ2v) is 9.13. The molecular weight excluding hydrogens is 390 g/mol. The average molecular weight is 411 g/mol. The van der Waals surface area contributed by atoms with E-state index in [1.807, 2.05) is 49.4 Å². The summed E-state index contributed by atoms with van der Waals surface area (Å²) in [6.45, 7) is 3.58.